The molecule has 1 fully saturated rings. The Labute approximate surface area is 122 Å². The van der Waals surface area contributed by atoms with Gasteiger partial charge in [0.1, 0.15) is 4.60 Å². The normalized spacial score (nSPS) is 20.8. The lowest BCUT2D eigenvalue weighted by molar-refractivity contribution is -0.117. The number of carbonyl (C=O) groups excluding carboxylic acids is 1. The smallest absolute Gasteiger partial charge is 0.224 e. The predicted octanol–water partition coefficient (Wildman–Crippen LogP) is 2.81. The van der Waals surface area contributed by atoms with Crippen LogP contribution in [0.1, 0.15) is 26.2 Å². The summed E-state index contributed by atoms with van der Waals surface area (Å²) in [5.41, 5.74) is 0.737. The second kappa shape index (κ2) is 7.01. The van der Waals surface area contributed by atoms with E-state index in [-0.39, 0.29) is 5.91 Å². The summed E-state index contributed by atoms with van der Waals surface area (Å²) in [6, 6.07) is 3.66. The molecule has 2 atom stereocenters. The van der Waals surface area contributed by atoms with Gasteiger partial charge >= 0.3 is 0 Å². The third kappa shape index (κ3) is 4.28. The summed E-state index contributed by atoms with van der Waals surface area (Å²) in [4.78, 5) is 16.1. The molecule has 1 aromatic heterocycles. The topological polar surface area (TPSA) is 54.0 Å². The first-order valence-corrected chi connectivity index (χ1v) is 7.57. The molecule has 4 nitrogen and oxygen atoms in total. The van der Waals surface area contributed by atoms with E-state index < -0.39 is 0 Å². The van der Waals surface area contributed by atoms with E-state index in [9.17, 15) is 4.79 Å². The molecule has 19 heavy (non-hydrogen) atoms. The molecule has 104 valence electrons. The van der Waals surface area contributed by atoms with Crippen molar-refractivity contribution in [3.8, 4) is 0 Å². The highest BCUT2D eigenvalue weighted by molar-refractivity contribution is 9.10. The van der Waals surface area contributed by atoms with Gasteiger partial charge in [-0.25, -0.2) is 4.98 Å². The molecular formula is C14H20BrN3O. The molecule has 0 aliphatic carbocycles. The van der Waals surface area contributed by atoms with E-state index in [0.717, 1.165) is 18.8 Å². The molecule has 1 saturated heterocycles. The van der Waals surface area contributed by atoms with Crippen LogP contribution < -0.4 is 10.6 Å². The van der Waals surface area contributed by atoms with Crippen LogP contribution in [-0.4, -0.2) is 24.0 Å². The molecule has 2 rings (SSSR count). The Kier molecular flexibility index (Phi) is 5.34. The van der Waals surface area contributed by atoms with Crippen molar-refractivity contribution in [1.82, 2.24) is 10.3 Å². The van der Waals surface area contributed by atoms with Crippen LogP contribution >= 0.6 is 15.9 Å². The molecule has 1 aromatic rings. The second-order valence-corrected chi connectivity index (χ2v) is 5.93. The Morgan fingerprint density at radius 1 is 1.68 bits per heavy atom. The summed E-state index contributed by atoms with van der Waals surface area (Å²) in [7, 11) is 0. The number of pyridine rings is 1. The van der Waals surface area contributed by atoms with Gasteiger partial charge in [0.15, 0.2) is 0 Å². The lowest BCUT2D eigenvalue weighted by Gasteiger charge is -2.28. The van der Waals surface area contributed by atoms with Gasteiger partial charge in [-0.05, 0) is 65.8 Å². The van der Waals surface area contributed by atoms with Crippen LogP contribution in [0, 0.1) is 11.8 Å². The maximum atomic E-state index is 12.0. The fourth-order valence-electron chi connectivity index (χ4n) is 2.50. The largest absolute Gasteiger partial charge is 0.324 e. The molecule has 2 N–H and O–H groups in total. The van der Waals surface area contributed by atoms with Gasteiger partial charge in [0.25, 0.3) is 0 Å². The molecule has 0 aromatic carbocycles. The SMILES string of the molecule is CC(CC(=O)Nc1cccnc1Br)C1CCCNC1. The Balaban J connectivity index is 1.85. The summed E-state index contributed by atoms with van der Waals surface area (Å²) in [6.45, 7) is 4.30. The molecule has 2 unspecified atom stereocenters. The quantitative estimate of drug-likeness (QED) is 0.837. The van der Waals surface area contributed by atoms with Gasteiger partial charge < -0.3 is 10.6 Å². The van der Waals surface area contributed by atoms with Gasteiger partial charge in [-0.3, -0.25) is 4.79 Å². The maximum absolute atomic E-state index is 12.0. The zero-order valence-corrected chi connectivity index (χ0v) is 12.7. The summed E-state index contributed by atoms with van der Waals surface area (Å²) >= 11 is 3.33. The van der Waals surface area contributed by atoms with E-state index in [2.05, 4.69) is 38.5 Å². The van der Waals surface area contributed by atoms with Gasteiger partial charge in [0.2, 0.25) is 5.91 Å². The van der Waals surface area contributed by atoms with Gasteiger partial charge in [-0.2, -0.15) is 0 Å². The molecule has 2 heterocycles. The fourth-order valence-corrected chi connectivity index (χ4v) is 2.85. The van der Waals surface area contributed by atoms with E-state index in [1.807, 2.05) is 12.1 Å². The minimum Gasteiger partial charge on any atom is -0.324 e. The van der Waals surface area contributed by atoms with Crippen molar-refractivity contribution in [1.29, 1.82) is 0 Å². The molecule has 5 heteroatoms. The lowest BCUT2D eigenvalue weighted by atomic mass is 9.85. The number of halogens is 1. The van der Waals surface area contributed by atoms with Crippen LogP contribution in [0.2, 0.25) is 0 Å². The zero-order valence-electron chi connectivity index (χ0n) is 11.2. The van der Waals surface area contributed by atoms with Crippen molar-refractivity contribution >= 4 is 27.5 Å². The molecule has 0 bridgehead atoms. The van der Waals surface area contributed by atoms with E-state index in [1.165, 1.54) is 12.8 Å². The first-order chi connectivity index (χ1) is 9.16. The molecule has 1 aliphatic heterocycles. The Morgan fingerprint density at radius 3 is 3.21 bits per heavy atom. The third-order valence-corrected chi connectivity index (χ3v) is 4.31. The van der Waals surface area contributed by atoms with Gasteiger partial charge in [0.05, 0.1) is 5.69 Å². The van der Waals surface area contributed by atoms with Gasteiger partial charge in [0, 0.05) is 12.6 Å². The highest BCUT2D eigenvalue weighted by Crippen LogP contribution is 2.24. The van der Waals surface area contributed by atoms with Crippen molar-refractivity contribution < 1.29 is 4.79 Å². The Hall–Kier alpha value is -0.940. The minimum atomic E-state index is 0.0618. The van der Waals surface area contributed by atoms with Crippen LogP contribution in [0.4, 0.5) is 5.69 Å². The first kappa shape index (κ1) is 14.5. The van der Waals surface area contributed by atoms with Gasteiger partial charge in [-0.1, -0.05) is 6.92 Å². The molecule has 0 spiro atoms. The summed E-state index contributed by atoms with van der Waals surface area (Å²) in [5, 5.41) is 6.31. The summed E-state index contributed by atoms with van der Waals surface area (Å²) < 4.78 is 0.676. The van der Waals surface area contributed by atoms with E-state index in [4.69, 9.17) is 0 Å². The second-order valence-electron chi connectivity index (χ2n) is 5.18. The van der Waals surface area contributed by atoms with Crippen molar-refractivity contribution in [3.05, 3.63) is 22.9 Å². The van der Waals surface area contributed by atoms with E-state index in [0.29, 0.717) is 22.9 Å². The number of anilines is 1. The Bertz CT molecular complexity index is 432. The Morgan fingerprint density at radius 2 is 2.53 bits per heavy atom. The van der Waals surface area contributed by atoms with Crippen molar-refractivity contribution in [3.63, 3.8) is 0 Å². The standard InChI is InChI=1S/C14H20BrN3O/c1-10(11-4-2-6-16-9-11)8-13(19)18-12-5-3-7-17-14(12)15/h3,5,7,10-11,16H,2,4,6,8-9H2,1H3,(H,18,19). The highest BCUT2D eigenvalue weighted by Gasteiger charge is 2.22. The fraction of sp³-hybridized carbons (Fsp3) is 0.571. The molecule has 0 saturated carbocycles. The minimum absolute atomic E-state index is 0.0618. The first-order valence-electron chi connectivity index (χ1n) is 6.78. The molecule has 0 radical (unpaired) electrons. The van der Waals surface area contributed by atoms with E-state index in [1.54, 1.807) is 6.20 Å². The van der Waals surface area contributed by atoms with Crippen LogP contribution in [0.25, 0.3) is 0 Å². The average Bonchev–Trinajstić information content (AvgIpc) is 2.42. The number of hydrogen-bond donors (Lipinski definition) is 2. The lowest BCUT2D eigenvalue weighted by Crippen LogP contribution is -2.34. The molecule has 1 aliphatic rings. The number of hydrogen-bond acceptors (Lipinski definition) is 3. The number of rotatable bonds is 4. The van der Waals surface area contributed by atoms with Crippen LogP contribution in [0.5, 0.6) is 0 Å². The molecular weight excluding hydrogens is 306 g/mol. The van der Waals surface area contributed by atoms with Crippen LogP contribution in [0.15, 0.2) is 22.9 Å². The van der Waals surface area contributed by atoms with Crippen LogP contribution in [-0.2, 0) is 4.79 Å². The highest BCUT2D eigenvalue weighted by atomic mass is 79.9. The van der Waals surface area contributed by atoms with Gasteiger partial charge in [-0.15, -0.1) is 0 Å². The van der Waals surface area contributed by atoms with Crippen molar-refractivity contribution in [2.45, 2.75) is 26.2 Å². The average molecular weight is 326 g/mol. The summed E-state index contributed by atoms with van der Waals surface area (Å²) in [6.07, 6.45) is 4.69. The van der Waals surface area contributed by atoms with Crippen LogP contribution in [0.3, 0.4) is 0 Å². The summed E-state index contributed by atoms with van der Waals surface area (Å²) in [5.74, 6) is 1.08. The van der Waals surface area contributed by atoms with Crippen molar-refractivity contribution in [2.75, 3.05) is 18.4 Å². The number of aromatic nitrogens is 1. The number of nitrogens with one attached hydrogen (secondary N) is 2. The zero-order chi connectivity index (χ0) is 13.7. The number of nitrogens with zero attached hydrogens (tertiary/aromatic N) is 1. The number of carbonyl (C=O) groups is 1. The number of piperidine rings is 1. The van der Waals surface area contributed by atoms with E-state index >= 15 is 0 Å². The third-order valence-electron chi connectivity index (χ3n) is 3.68. The predicted molar refractivity (Wildman–Crippen MR) is 79.9 cm³/mol. The molecule has 1 amide bonds. The monoisotopic (exact) mass is 325 g/mol. The van der Waals surface area contributed by atoms with Crippen molar-refractivity contribution in [2.24, 2.45) is 11.8 Å². The number of amides is 1. The maximum Gasteiger partial charge on any atom is 0.224 e.